The second kappa shape index (κ2) is 9.18. The zero-order chi connectivity index (χ0) is 15.7. The van der Waals surface area contributed by atoms with Crippen LogP contribution in [0.2, 0.25) is 0 Å². The molecule has 1 aliphatic rings. The number of carbonyl (C=O) groups is 1. The SMILES string of the molecule is CN=C(NCC(=O)NC1CCCCC1)NCC(C)(C)SC. The largest absolute Gasteiger partial charge is 0.355 e. The minimum Gasteiger partial charge on any atom is -0.355 e. The van der Waals surface area contributed by atoms with E-state index in [-0.39, 0.29) is 17.2 Å². The first kappa shape index (κ1) is 18.1. The quantitative estimate of drug-likeness (QED) is 0.516. The second-order valence-electron chi connectivity index (χ2n) is 6.15. The molecule has 0 saturated heterocycles. The molecule has 0 aromatic heterocycles. The Morgan fingerprint density at radius 2 is 1.90 bits per heavy atom. The molecule has 0 unspecified atom stereocenters. The summed E-state index contributed by atoms with van der Waals surface area (Å²) >= 11 is 1.80. The van der Waals surface area contributed by atoms with Crippen molar-refractivity contribution in [2.24, 2.45) is 4.99 Å². The normalized spacial score (nSPS) is 17.4. The van der Waals surface area contributed by atoms with Gasteiger partial charge in [0.25, 0.3) is 0 Å². The van der Waals surface area contributed by atoms with Crippen molar-refractivity contribution in [3.63, 3.8) is 0 Å². The van der Waals surface area contributed by atoms with E-state index in [9.17, 15) is 4.79 Å². The third kappa shape index (κ3) is 7.60. The summed E-state index contributed by atoms with van der Waals surface area (Å²) in [5, 5.41) is 9.42. The zero-order valence-electron chi connectivity index (χ0n) is 13.8. The van der Waals surface area contributed by atoms with Crippen LogP contribution in [0.5, 0.6) is 0 Å². The van der Waals surface area contributed by atoms with Crippen molar-refractivity contribution in [3.8, 4) is 0 Å². The molecule has 0 spiro atoms. The van der Waals surface area contributed by atoms with Crippen molar-refractivity contribution < 1.29 is 4.79 Å². The predicted octanol–water partition coefficient (Wildman–Crippen LogP) is 1.74. The molecule has 21 heavy (non-hydrogen) atoms. The summed E-state index contributed by atoms with van der Waals surface area (Å²) in [5.41, 5.74) is 0. The van der Waals surface area contributed by atoms with Crippen LogP contribution in [0.1, 0.15) is 46.0 Å². The van der Waals surface area contributed by atoms with Crippen molar-refractivity contribution >= 4 is 23.6 Å². The number of hydrogen-bond donors (Lipinski definition) is 3. The van der Waals surface area contributed by atoms with Crippen LogP contribution in [0, 0.1) is 0 Å². The molecule has 0 heterocycles. The van der Waals surface area contributed by atoms with Gasteiger partial charge in [-0.05, 0) is 32.9 Å². The van der Waals surface area contributed by atoms with E-state index >= 15 is 0 Å². The van der Waals surface area contributed by atoms with Gasteiger partial charge in [-0.3, -0.25) is 9.79 Å². The van der Waals surface area contributed by atoms with E-state index < -0.39 is 0 Å². The first-order chi connectivity index (χ1) is 9.96. The van der Waals surface area contributed by atoms with E-state index in [4.69, 9.17) is 0 Å². The highest BCUT2D eigenvalue weighted by Crippen LogP contribution is 2.19. The van der Waals surface area contributed by atoms with Gasteiger partial charge in [0.1, 0.15) is 0 Å². The third-order valence-electron chi connectivity index (χ3n) is 3.84. The van der Waals surface area contributed by atoms with Gasteiger partial charge in [-0.1, -0.05) is 19.3 Å². The number of amides is 1. The van der Waals surface area contributed by atoms with Crippen LogP contribution in [0.4, 0.5) is 0 Å². The highest BCUT2D eigenvalue weighted by atomic mass is 32.2. The topological polar surface area (TPSA) is 65.5 Å². The molecule has 1 amide bonds. The molecule has 0 aliphatic heterocycles. The minimum absolute atomic E-state index is 0.0500. The molecule has 0 bridgehead atoms. The van der Waals surface area contributed by atoms with Crippen molar-refractivity contribution in [1.82, 2.24) is 16.0 Å². The van der Waals surface area contributed by atoms with E-state index in [0.717, 1.165) is 19.4 Å². The van der Waals surface area contributed by atoms with E-state index in [1.165, 1.54) is 19.3 Å². The number of carbonyl (C=O) groups excluding carboxylic acids is 1. The molecular weight excluding hydrogens is 284 g/mol. The van der Waals surface area contributed by atoms with Crippen molar-refractivity contribution in [2.45, 2.75) is 56.7 Å². The Balaban J connectivity index is 2.26. The molecule has 1 rings (SSSR count). The fourth-order valence-electron chi connectivity index (χ4n) is 2.28. The Kier molecular flexibility index (Phi) is 7.93. The number of thioether (sulfide) groups is 1. The lowest BCUT2D eigenvalue weighted by molar-refractivity contribution is -0.120. The Labute approximate surface area is 133 Å². The standard InChI is InChI=1S/C15H30N4OS/c1-15(2,21-4)11-18-14(16-3)17-10-13(20)19-12-8-6-5-7-9-12/h12H,5-11H2,1-4H3,(H,19,20)(H2,16,17,18). The summed E-state index contributed by atoms with van der Waals surface area (Å²) in [6.07, 6.45) is 8.07. The highest BCUT2D eigenvalue weighted by molar-refractivity contribution is 7.99. The number of aliphatic imine (C=N–C) groups is 1. The molecule has 6 heteroatoms. The van der Waals surface area contributed by atoms with E-state index in [0.29, 0.717) is 12.0 Å². The molecule has 5 nitrogen and oxygen atoms in total. The lowest BCUT2D eigenvalue weighted by Crippen LogP contribution is -2.48. The van der Waals surface area contributed by atoms with Crippen LogP contribution in [0.3, 0.4) is 0 Å². The van der Waals surface area contributed by atoms with Crippen molar-refractivity contribution in [1.29, 1.82) is 0 Å². The third-order valence-corrected chi connectivity index (χ3v) is 5.09. The van der Waals surface area contributed by atoms with Crippen LogP contribution in [-0.4, -0.2) is 49.0 Å². The molecule has 122 valence electrons. The number of rotatable bonds is 6. The number of hydrogen-bond acceptors (Lipinski definition) is 3. The summed E-state index contributed by atoms with van der Waals surface area (Å²) in [7, 11) is 1.72. The van der Waals surface area contributed by atoms with Gasteiger partial charge in [-0.2, -0.15) is 11.8 Å². The average Bonchev–Trinajstić information content (AvgIpc) is 2.48. The summed E-state index contributed by atoms with van der Waals surface area (Å²) in [4.78, 5) is 16.1. The van der Waals surface area contributed by atoms with Gasteiger partial charge in [-0.25, -0.2) is 0 Å². The van der Waals surface area contributed by atoms with Crippen LogP contribution in [0.15, 0.2) is 4.99 Å². The lowest BCUT2D eigenvalue weighted by atomic mass is 9.95. The summed E-state index contributed by atoms with van der Waals surface area (Å²) < 4.78 is 0.141. The second-order valence-corrected chi connectivity index (χ2v) is 7.66. The minimum atomic E-state index is 0.0500. The molecule has 1 saturated carbocycles. The Hall–Kier alpha value is -0.910. The van der Waals surface area contributed by atoms with Crippen molar-refractivity contribution in [2.75, 3.05) is 26.4 Å². The van der Waals surface area contributed by atoms with E-state index in [1.807, 2.05) is 0 Å². The van der Waals surface area contributed by atoms with Gasteiger partial charge in [0.2, 0.25) is 5.91 Å². The first-order valence-corrected chi connectivity index (χ1v) is 8.98. The predicted molar refractivity (Wildman–Crippen MR) is 92.0 cm³/mol. The monoisotopic (exact) mass is 314 g/mol. The summed E-state index contributed by atoms with van der Waals surface area (Å²) in [5.74, 6) is 0.727. The summed E-state index contributed by atoms with van der Waals surface area (Å²) in [6.45, 7) is 5.43. The maximum Gasteiger partial charge on any atom is 0.239 e. The van der Waals surface area contributed by atoms with Crippen LogP contribution in [-0.2, 0) is 4.79 Å². The van der Waals surface area contributed by atoms with Gasteiger partial charge in [0, 0.05) is 24.4 Å². The van der Waals surface area contributed by atoms with Gasteiger partial charge >= 0.3 is 0 Å². The molecule has 3 N–H and O–H groups in total. The molecular formula is C15H30N4OS. The summed E-state index contributed by atoms with van der Waals surface area (Å²) in [6, 6.07) is 0.360. The molecule has 1 aliphatic carbocycles. The maximum absolute atomic E-state index is 11.9. The lowest BCUT2D eigenvalue weighted by Gasteiger charge is -2.24. The van der Waals surface area contributed by atoms with E-state index in [2.05, 4.69) is 41.0 Å². The van der Waals surface area contributed by atoms with Gasteiger partial charge in [0.05, 0.1) is 6.54 Å². The van der Waals surface area contributed by atoms with Crippen LogP contribution < -0.4 is 16.0 Å². The Bertz CT molecular complexity index is 352. The molecule has 0 aromatic carbocycles. The van der Waals surface area contributed by atoms with Gasteiger partial charge < -0.3 is 16.0 Å². The fraction of sp³-hybridized carbons (Fsp3) is 0.867. The molecule has 0 aromatic rings. The van der Waals surface area contributed by atoms with Gasteiger partial charge in [-0.15, -0.1) is 0 Å². The molecule has 0 atom stereocenters. The number of nitrogens with one attached hydrogen (secondary N) is 3. The Morgan fingerprint density at radius 1 is 1.24 bits per heavy atom. The highest BCUT2D eigenvalue weighted by Gasteiger charge is 2.17. The number of nitrogens with zero attached hydrogens (tertiary/aromatic N) is 1. The molecule has 0 radical (unpaired) electrons. The first-order valence-electron chi connectivity index (χ1n) is 7.76. The smallest absolute Gasteiger partial charge is 0.239 e. The molecule has 1 fully saturated rings. The van der Waals surface area contributed by atoms with E-state index in [1.54, 1.807) is 18.8 Å². The Morgan fingerprint density at radius 3 is 2.48 bits per heavy atom. The fourth-order valence-corrected chi connectivity index (χ4v) is 2.50. The van der Waals surface area contributed by atoms with Gasteiger partial charge in [0.15, 0.2) is 5.96 Å². The average molecular weight is 314 g/mol. The van der Waals surface area contributed by atoms with Crippen LogP contribution >= 0.6 is 11.8 Å². The van der Waals surface area contributed by atoms with Crippen molar-refractivity contribution in [3.05, 3.63) is 0 Å². The zero-order valence-corrected chi connectivity index (χ0v) is 14.6. The number of guanidine groups is 1. The van der Waals surface area contributed by atoms with Crippen LogP contribution in [0.25, 0.3) is 0 Å². The maximum atomic E-state index is 11.9.